The molecule has 0 unspecified atom stereocenters. The second-order valence-corrected chi connectivity index (χ2v) is 3.12. The lowest BCUT2D eigenvalue weighted by Crippen LogP contribution is -2.15. The highest BCUT2D eigenvalue weighted by Crippen LogP contribution is 2.34. The van der Waals surface area contributed by atoms with Gasteiger partial charge < -0.3 is 10.7 Å². The summed E-state index contributed by atoms with van der Waals surface area (Å²) in [4.78, 5) is 5.88. The summed E-state index contributed by atoms with van der Waals surface area (Å²) in [5, 5.41) is 0. The smallest absolute Gasteiger partial charge is 0.314 e. The molecule has 0 saturated carbocycles. The first-order valence-electron chi connectivity index (χ1n) is 4.35. The van der Waals surface area contributed by atoms with E-state index >= 15 is 0 Å². The van der Waals surface area contributed by atoms with E-state index in [1.807, 2.05) is 0 Å². The van der Waals surface area contributed by atoms with E-state index in [1.165, 1.54) is 12.1 Å². The van der Waals surface area contributed by atoms with Crippen molar-refractivity contribution in [3.05, 3.63) is 47.8 Å². The average molecular weight is 209 g/mol. The highest BCUT2D eigenvalue weighted by Gasteiger charge is 2.35. The fourth-order valence-corrected chi connectivity index (χ4v) is 1.30. The molecule has 15 heavy (non-hydrogen) atoms. The standard InChI is InChI=1S/C10H9F2N3/c11-10(12,7-4-2-1-3-5-7)8-6-14-9(13)15-8/h1-6H,(H3,13,14,15). The molecule has 0 radical (unpaired) electrons. The topological polar surface area (TPSA) is 54.7 Å². The third-order valence-corrected chi connectivity index (χ3v) is 2.07. The van der Waals surface area contributed by atoms with Gasteiger partial charge in [0.1, 0.15) is 5.69 Å². The molecule has 2 rings (SSSR count). The zero-order valence-electron chi connectivity index (χ0n) is 7.74. The van der Waals surface area contributed by atoms with Gasteiger partial charge in [0.25, 0.3) is 0 Å². The van der Waals surface area contributed by atoms with E-state index in [0.717, 1.165) is 6.20 Å². The Morgan fingerprint density at radius 2 is 1.87 bits per heavy atom. The van der Waals surface area contributed by atoms with Crippen molar-refractivity contribution in [2.45, 2.75) is 5.92 Å². The van der Waals surface area contributed by atoms with Crippen LogP contribution in [0.3, 0.4) is 0 Å². The van der Waals surface area contributed by atoms with E-state index in [2.05, 4.69) is 9.97 Å². The Balaban J connectivity index is 2.43. The fraction of sp³-hybridized carbons (Fsp3) is 0.100. The van der Waals surface area contributed by atoms with E-state index in [9.17, 15) is 8.78 Å². The Kier molecular flexibility index (Phi) is 2.15. The molecule has 0 saturated heterocycles. The maximum absolute atomic E-state index is 13.8. The number of nitrogens with two attached hydrogens (primary N) is 1. The number of nitrogen functional groups attached to an aromatic ring is 1. The Hall–Kier alpha value is -1.91. The SMILES string of the molecule is Nc1ncc(C(F)(F)c2ccccc2)[nH]1. The number of nitrogens with one attached hydrogen (secondary N) is 1. The van der Waals surface area contributed by atoms with Gasteiger partial charge >= 0.3 is 5.92 Å². The predicted molar refractivity (Wildman–Crippen MR) is 52.4 cm³/mol. The molecule has 78 valence electrons. The zero-order valence-corrected chi connectivity index (χ0v) is 7.74. The molecule has 0 amide bonds. The van der Waals surface area contributed by atoms with Crippen molar-refractivity contribution in [2.24, 2.45) is 0 Å². The van der Waals surface area contributed by atoms with Gasteiger partial charge in [-0.1, -0.05) is 30.3 Å². The Bertz CT molecular complexity index is 451. The van der Waals surface area contributed by atoms with E-state index < -0.39 is 5.92 Å². The largest absolute Gasteiger partial charge is 0.369 e. The van der Waals surface area contributed by atoms with E-state index in [0.29, 0.717) is 0 Å². The number of benzene rings is 1. The van der Waals surface area contributed by atoms with Gasteiger partial charge in [0.05, 0.1) is 6.20 Å². The summed E-state index contributed by atoms with van der Waals surface area (Å²) in [6, 6.07) is 7.51. The first-order chi connectivity index (χ1) is 7.10. The van der Waals surface area contributed by atoms with Crippen molar-refractivity contribution in [1.82, 2.24) is 9.97 Å². The minimum Gasteiger partial charge on any atom is -0.369 e. The number of alkyl halides is 2. The van der Waals surface area contributed by atoms with Crippen molar-refractivity contribution < 1.29 is 8.78 Å². The maximum Gasteiger partial charge on any atom is 0.314 e. The molecule has 0 aliphatic carbocycles. The van der Waals surface area contributed by atoms with Gasteiger partial charge in [0.2, 0.25) is 0 Å². The summed E-state index contributed by atoms with van der Waals surface area (Å²) in [5.41, 5.74) is 4.86. The van der Waals surface area contributed by atoms with Crippen molar-refractivity contribution in [3.63, 3.8) is 0 Å². The molecular formula is C10H9F2N3. The lowest BCUT2D eigenvalue weighted by molar-refractivity contribution is 0.0385. The van der Waals surface area contributed by atoms with Crippen LogP contribution in [0.2, 0.25) is 0 Å². The molecule has 0 atom stereocenters. The molecule has 1 aromatic carbocycles. The van der Waals surface area contributed by atoms with Gasteiger partial charge in [0, 0.05) is 5.56 Å². The number of rotatable bonds is 2. The van der Waals surface area contributed by atoms with Gasteiger partial charge in [-0.3, -0.25) is 0 Å². The molecule has 0 bridgehead atoms. The molecule has 2 aromatic rings. The Morgan fingerprint density at radius 3 is 2.40 bits per heavy atom. The molecular weight excluding hydrogens is 200 g/mol. The molecule has 5 heteroatoms. The van der Waals surface area contributed by atoms with Crippen LogP contribution in [0.25, 0.3) is 0 Å². The van der Waals surface area contributed by atoms with Crippen LogP contribution in [0.1, 0.15) is 11.3 Å². The molecule has 0 aliphatic rings. The summed E-state index contributed by atoms with van der Waals surface area (Å²) in [6.07, 6.45) is 1.04. The molecule has 3 N–H and O–H groups in total. The Morgan fingerprint density at radius 1 is 1.20 bits per heavy atom. The van der Waals surface area contributed by atoms with Crippen molar-refractivity contribution in [3.8, 4) is 0 Å². The van der Waals surface area contributed by atoms with Gasteiger partial charge in [-0.25, -0.2) is 4.98 Å². The molecule has 0 spiro atoms. The first kappa shape index (κ1) is 9.64. The number of H-pyrrole nitrogens is 1. The minimum atomic E-state index is -3.09. The summed E-state index contributed by atoms with van der Waals surface area (Å²) < 4.78 is 27.5. The summed E-state index contributed by atoms with van der Waals surface area (Å²) in [6.45, 7) is 0. The summed E-state index contributed by atoms with van der Waals surface area (Å²) in [7, 11) is 0. The van der Waals surface area contributed by atoms with Crippen LogP contribution < -0.4 is 5.73 Å². The number of hydrogen-bond acceptors (Lipinski definition) is 2. The minimum absolute atomic E-state index is 0.0133. The van der Waals surface area contributed by atoms with Gasteiger partial charge in [-0.2, -0.15) is 8.78 Å². The predicted octanol–water partition coefficient (Wildman–Crippen LogP) is 2.13. The van der Waals surface area contributed by atoms with Crippen molar-refractivity contribution in [2.75, 3.05) is 5.73 Å². The van der Waals surface area contributed by atoms with Crippen LogP contribution >= 0.6 is 0 Å². The average Bonchev–Trinajstić information content (AvgIpc) is 2.67. The second kappa shape index (κ2) is 3.34. The maximum atomic E-state index is 13.8. The van der Waals surface area contributed by atoms with Crippen LogP contribution in [0, 0.1) is 0 Å². The third kappa shape index (κ3) is 1.68. The van der Waals surface area contributed by atoms with E-state index in [4.69, 9.17) is 5.73 Å². The van der Waals surface area contributed by atoms with Gasteiger partial charge in [0.15, 0.2) is 5.95 Å². The second-order valence-electron chi connectivity index (χ2n) is 3.12. The third-order valence-electron chi connectivity index (χ3n) is 2.07. The number of imidazole rings is 1. The molecule has 1 aromatic heterocycles. The lowest BCUT2D eigenvalue weighted by Gasteiger charge is -2.14. The zero-order chi connectivity index (χ0) is 10.9. The number of aromatic amines is 1. The van der Waals surface area contributed by atoms with Crippen LogP contribution in [-0.2, 0) is 5.92 Å². The number of halogens is 2. The summed E-state index contributed by atoms with van der Waals surface area (Å²) >= 11 is 0. The fourth-order valence-electron chi connectivity index (χ4n) is 1.30. The molecule has 0 aliphatic heterocycles. The van der Waals surface area contributed by atoms with Crippen LogP contribution in [-0.4, -0.2) is 9.97 Å². The van der Waals surface area contributed by atoms with Crippen LogP contribution in [0.4, 0.5) is 14.7 Å². The number of hydrogen-bond donors (Lipinski definition) is 2. The van der Waals surface area contributed by atoms with E-state index in [1.54, 1.807) is 18.2 Å². The first-order valence-corrected chi connectivity index (χ1v) is 4.35. The summed E-state index contributed by atoms with van der Waals surface area (Å²) in [5.74, 6) is -3.10. The molecule has 1 heterocycles. The van der Waals surface area contributed by atoms with Crippen LogP contribution in [0.5, 0.6) is 0 Å². The highest BCUT2D eigenvalue weighted by molar-refractivity contribution is 5.31. The number of anilines is 1. The van der Waals surface area contributed by atoms with Gasteiger partial charge in [-0.15, -0.1) is 0 Å². The lowest BCUT2D eigenvalue weighted by atomic mass is 10.1. The number of aromatic nitrogens is 2. The van der Waals surface area contributed by atoms with Gasteiger partial charge in [-0.05, 0) is 0 Å². The quantitative estimate of drug-likeness (QED) is 0.796. The van der Waals surface area contributed by atoms with Crippen LogP contribution in [0.15, 0.2) is 36.5 Å². The van der Waals surface area contributed by atoms with Crippen molar-refractivity contribution >= 4 is 5.95 Å². The van der Waals surface area contributed by atoms with Crippen molar-refractivity contribution in [1.29, 1.82) is 0 Å². The monoisotopic (exact) mass is 209 g/mol. The highest BCUT2D eigenvalue weighted by atomic mass is 19.3. The normalized spacial score (nSPS) is 11.6. The van der Waals surface area contributed by atoms with E-state index in [-0.39, 0.29) is 17.2 Å². The number of nitrogens with zero attached hydrogens (tertiary/aromatic N) is 1. The Labute approximate surface area is 85.0 Å². The molecule has 3 nitrogen and oxygen atoms in total. The molecule has 0 fully saturated rings.